The molecule has 2 N–H and O–H groups in total. The summed E-state index contributed by atoms with van der Waals surface area (Å²) < 4.78 is 28.7. The highest BCUT2D eigenvalue weighted by Gasteiger charge is 2.40. The van der Waals surface area contributed by atoms with Crippen LogP contribution in [-0.4, -0.2) is 38.5 Å². The number of nitrogens with one attached hydrogen (secondary N) is 2. The highest BCUT2D eigenvalue weighted by atomic mass is 32.2. The summed E-state index contributed by atoms with van der Waals surface area (Å²) in [5.41, 5.74) is 0. The van der Waals surface area contributed by atoms with Crippen molar-refractivity contribution in [3.05, 3.63) is 24.2 Å². The van der Waals surface area contributed by atoms with Gasteiger partial charge >= 0.3 is 0 Å². The molecule has 1 saturated heterocycles. The zero-order chi connectivity index (χ0) is 17.3. The van der Waals surface area contributed by atoms with Crippen LogP contribution in [0.5, 0.6) is 0 Å². The fourth-order valence-corrected chi connectivity index (χ4v) is 6.45. The predicted octanol–water partition coefficient (Wildman–Crippen LogP) is 1.94. The van der Waals surface area contributed by atoms with Crippen LogP contribution >= 0.6 is 0 Å². The van der Waals surface area contributed by atoms with Gasteiger partial charge in [0, 0.05) is 12.6 Å². The molecule has 7 heteroatoms. The van der Waals surface area contributed by atoms with Crippen LogP contribution in [-0.2, 0) is 16.4 Å². The summed E-state index contributed by atoms with van der Waals surface area (Å²) in [5, 5.41) is 6.98. The monoisotopic (exact) mass is 365 g/mol. The Morgan fingerprint density at radius 1 is 1.28 bits per heavy atom. The Kier molecular flexibility index (Phi) is 4.75. The van der Waals surface area contributed by atoms with Gasteiger partial charge in [-0.2, -0.15) is 0 Å². The molecule has 2 bridgehead atoms. The molecular weight excluding hydrogens is 338 g/mol. The lowest BCUT2D eigenvalue weighted by molar-refractivity contribution is 0.386. The smallest absolute Gasteiger partial charge is 0.191 e. The number of aliphatic imine (C=N–C) groups is 1. The summed E-state index contributed by atoms with van der Waals surface area (Å²) in [6.07, 6.45) is 7.65. The summed E-state index contributed by atoms with van der Waals surface area (Å²) in [6, 6.07) is 4.28. The molecule has 0 spiro atoms. The molecule has 4 rings (SSSR count). The number of nitrogens with zero attached hydrogens (tertiary/aromatic N) is 1. The normalized spacial score (nSPS) is 33.7. The molecule has 6 nitrogen and oxygen atoms in total. The van der Waals surface area contributed by atoms with Gasteiger partial charge in [0.05, 0.1) is 17.8 Å². The van der Waals surface area contributed by atoms with E-state index in [4.69, 9.17) is 4.42 Å². The average Bonchev–Trinajstić information content (AvgIpc) is 3.35. The van der Waals surface area contributed by atoms with Crippen molar-refractivity contribution in [1.82, 2.24) is 10.6 Å². The molecule has 1 aromatic heterocycles. The number of furan rings is 1. The predicted molar refractivity (Wildman–Crippen MR) is 97.0 cm³/mol. The minimum atomic E-state index is -2.84. The maximum absolute atomic E-state index is 11.6. The molecular formula is C18H27N3O3S. The minimum Gasteiger partial charge on any atom is -0.467 e. The zero-order valence-electron chi connectivity index (χ0n) is 14.5. The van der Waals surface area contributed by atoms with Gasteiger partial charge in [-0.1, -0.05) is 6.42 Å². The van der Waals surface area contributed by atoms with Crippen LogP contribution < -0.4 is 10.6 Å². The second-order valence-electron chi connectivity index (χ2n) is 7.82. The van der Waals surface area contributed by atoms with Gasteiger partial charge in [-0.15, -0.1) is 0 Å². The van der Waals surface area contributed by atoms with E-state index < -0.39 is 9.84 Å². The minimum absolute atomic E-state index is 0.181. The molecule has 25 heavy (non-hydrogen) atoms. The molecule has 2 aliphatic carbocycles. The lowest BCUT2D eigenvalue weighted by atomic mass is 9.95. The van der Waals surface area contributed by atoms with Gasteiger partial charge in [0.2, 0.25) is 0 Å². The van der Waals surface area contributed by atoms with Gasteiger partial charge < -0.3 is 15.1 Å². The second-order valence-corrected chi connectivity index (χ2v) is 10.0. The van der Waals surface area contributed by atoms with Crippen LogP contribution in [0.1, 0.15) is 37.9 Å². The summed E-state index contributed by atoms with van der Waals surface area (Å²) in [6.45, 7) is 1.15. The van der Waals surface area contributed by atoms with E-state index in [1.807, 2.05) is 12.1 Å². The first-order valence-corrected chi connectivity index (χ1v) is 11.2. The molecule has 2 heterocycles. The van der Waals surface area contributed by atoms with E-state index >= 15 is 0 Å². The van der Waals surface area contributed by atoms with Crippen molar-refractivity contribution in [2.24, 2.45) is 22.7 Å². The highest BCUT2D eigenvalue weighted by molar-refractivity contribution is 7.91. The van der Waals surface area contributed by atoms with Crippen molar-refractivity contribution in [3.8, 4) is 0 Å². The van der Waals surface area contributed by atoms with Crippen molar-refractivity contribution in [3.63, 3.8) is 0 Å². The van der Waals surface area contributed by atoms with Gasteiger partial charge in [0.15, 0.2) is 15.8 Å². The molecule has 3 aliphatic rings. The largest absolute Gasteiger partial charge is 0.467 e. The number of sulfone groups is 1. The van der Waals surface area contributed by atoms with E-state index in [2.05, 4.69) is 15.6 Å². The summed E-state index contributed by atoms with van der Waals surface area (Å²) >= 11 is 0. The van der Waals surface area contributed by atoms with Crippen LogP contribution in [0.25, 0.3) is 0 Å². The number of hydrogen-bond acceptors (Lipinski definition) is 4. The average molecular weight is 365 g/mol. The molecule has 3 fully saturated rings. The van der Waals surface area contributed by atoms with Crippen LogP contribution in [0.15, 0.2) is 27.8 Å². The zero-order valence-corrected chi connectivity index (χ0v) is 15.3. The van der Waals surface area contributed by atoms with Crippen molar-refractivity contribution < 1.29 is 12.8 Å². The van der Waals surface area contributed by atoms with E-state index in [1.165, 1.54) is 25.7 Å². The molecule has 2 saturated carbocycles. The van der Waals surface area contributed by atoms with Crippen LogP contribution in [0.4, 0.5) is 0 Å². The van der Waals surface area contributed by atoms with Crippen LogP contribution in [0, 0.1) is 17.8 Å². The molecule has 0 amide bonds. The van der Waals surface area contributed by atoms with Crippen molar-refractivity contribution in [2.75, 3.05) is 18.1 Å². The first-order chi connectivity index (χ1) is 12.1. The molecule has 4 atom stereocenters. The van der Waals surface area contributed by atoms with Gasteiger partial charge in [0.25, 0.3) is 0 Å². The SMILES string of the molecule is O=S1(=O)CCC(CNC(=NCc2ccco2)NC2CC3CCC2C3)C1. The topological polar surface area (TPSA) is 83.7 Å². The Bertz CT molecular complexity index is 714. The molecule has 0 aromatic carbocycles. The number of guanidine groups is 1. The van der Waals surface area contributed by atoms with E-state index in [9.17, 15) is 8.42 Å². The Hall–Kier alpha value is -1.50. The van der Waals surface area contributed by atoms with Gasteiger partial charge in [-0.05, 0) is 55.6 Å². The third-order valence-corrected chi connectivity index (χ3v) is 7.76. The Morgan fingerprint density at radius 2 is 2.20 bits per heavy atom. The molecule has 4 unspecified atom stereocenters. The van der Waals surface area contributed by atoms with Crippen LogP contribution in [0.3, 0.4) is 0 Å². The standard InChI is InChI=1S/C18H27N3O3S/c22-25(23)7-5-14(12-25)10-19-18(20-11-16-2-1-6-24-16)21-17-9-13-3-4-15(17)8-13/h1-2,6,13-15,17H,3-5,7-12H2,(H2,19,20,21). The van der Waals surface area contributed by atoms with Gasteiger partial charge in [-0.3, -0.25) is 0 Å². The number of fused-ring (bicyclic) bond motifs is 2. The van der Waals surface area contributed by atoms with Crippen molar-refractivity contribution >= 4 is 15.8 Å². The van der Waals surface area contributed by atoms with E-state index in [-0.39, 0.29) is 5.92 Å². The fraction of sp³-hybridized carbons (Fsp3) is 0.722. The Balaban J connectivity index is 1.37. The number of hydrogen-bond donors (Lipinski definition) is 2. The van der Waals surface area contributed by atoms with E-state index in [1.54, 1.807) is 6.26 Å². The fourth-order valence-electron chi connectivity index (χ4n) is 4.58. The third-order valence-electron chi connectivity index (χ3n) is 5.92. The van der Waals surface area contributed by atoms with E-state index in [0.717, 1.165) is 30.0 Å². The first kappa shape index (κ1) is 16.9. The number of rotatable bonds is 5. The molecule has 0 radical (unpaired) electrons. The second kappa shape index (κ2) is 7.02. The third kappa shape index (κ3) is 4.19. The highest BCUT2D eigenvalue weighted by Crippen LogP contribution is 2.44. The summed E-state index contributed by atoms with van der Waals surface area (Å²) in [4.78, 5) is 4.66. The van der Waals surface area contributed by atoms with Crippen molar-refractivity contribution in [2.45, 2.75) is 44.7 Å². The lowest BCUT2D eigenvalue weighted by Gasteiger charge is -2.25. The summed E-state index contributed by atoms with van der Waals surface area (Å²) in [7, 11) is -2.84. The molecule has 138 valence electrons. The van der Waals surface area contributed by atoms with Gasteiger partial charge in [-0.25, -0.2) is 13.4 Å². The molecule has 1 aliphatic heterocycles. The Labute approximate surface area is 149 Å². The maximum Gasteiger partial charge on any atom is 0.191 e. The molecule has 1 aromatic rings. The van der Waals surface area contributed by atoms with E-state index in [0.29, 0.717) is 30.6 Å². The lowest BCUT2D eigenvalue weighted by Crippen LogP contribution is -2.47. The van der Waals surface area contributed by atoms with Crippen LogP contribution in [0.2, 0.25) is 0 Å². The maximum atomic E-state index is 11.6. The quantitative estimate of drug-likeness (QED) is 0.615. The van der Waals surface area contributed by atoms with Crippen molar-refractivity contribution in [1.29, 1.82) is 0 Å². The Morgan fingerprint density at radius 3 is 2.84 bits per heavy atom. The summed E-state index contributed by atoms with van der Waals surface area (Å²) in [5.74, 6) is 4.04. The first-order valence-electron chi connectivity index (χ1n) is 9.35. The van der Waals surface area contributed by atoms with Gasteiger partial charge in [0.1, 0.15) is 12.3 Å².